The highest BCUT2D eigenvalue weighted by atomic mass is 16.5. The van der Waals surface area contributed by atoms with Gasteiger partial charge in [-0.15, -0.1) is 0 Å². The second-order valence-corrected chi connectivity index (χ2v) is 4.59. The zero-order chi connectivity index (χ0) is 13.9. The molecule has 102 valence electrons. The molecule has 0 saturated carbocycles. The van der Waals surface area contributed by atoms with Gasteiger partial charge in [0.25, 0.3) is 0 Å². The molecule has 1 unspecified atom stereocenters. The predicted molar refractivity (Wildman–Crippen MR) is 70.6 cm³/mol. The monoisotopic (exact) mass is 254 g/mol. The maximum Gasteiger partial charge on any atom is 0.360 e. The lowest BCUT2D eigenvalue weighted by molar-refractivity contribution is 0.0521. The lowest BCUT2D eigenvalue weighted by atomic mass is 10.3. The highest BCUT2D eigenvalue weighted by molar-refractivity contribution is 5.92. The number of aromatic nitrogens is 2. The van der Waals surface area contributed by atoms with Gasteiger partial charge in [0.1, 0.15) is 11.6 Å². The highest BCUT2D eigenvalue weighted by Gasteiger charge is 2.22. The van der Waals surface area contributed by atoms with Gasteiger partial charge in [0, 0.05) is 12.6 Å². The molecule has 1 rings (SSSR count). The van der Waals surface area contributed by atoms with Gasteiger partial charge in [-0.2, -0.15) is 0 Å². The second kappa shape index (κ2) is 5.86. The Hall–Kier alpha value is -1.56. The summed E-state index contributed by atoms with van der Waals surface area (Å²) in [6.45, 7) is 6.78. The maximum absolute atomic E-state index is 11.7. The maximum atomic E-state index is 11.7. The van der Waals surface area contributed by atoms with Crippen molar-refractivity contribution in [2.75, 3.05) is 33.0 Å². The predicted octanol–water partition coefficient (Wildman–Crippen LogP) is 1.07. The summed E-state index contributed by atoms with van der Waals surface area (Å²) in [7, 11) is 3.98. The van der Waals surface area contributed by atoms with Crippen LogP contribution in [0.4, 0.5) is 5.82 Å². The minimum Gasteiger partial charge on any atom is -0.461 e. The molecule has 0 aliphatic carbocycles. The van der Waals surface area contributed by atoms with Crippen LogP contribution >= 0.6 is 0 Å². The topological polar surface area (TPSA) is 73.4 Å². The van der Waals surface area contributed by atoms with Crippen molar-refractivity contribution < 1.29 is 9.53 Å². The molecule has 6 heteroatoms. The molecule has 0 bridgehead atoms. The number of rotatable bonds is 5. The lowest BCUT2D eigenvalue weighted by Crippen LogP contribution is -2.24. The number of anilines is 1. The Morgan fingerprint density at radius 1 is 1.56 bits per heavy atom. The van der Waals surface area contributed by atoms with E-state index in [2.05, 4.69) is 9.88 Å². The molecule has 0 aliphatic rings. The van der Waals surface area contributed by atoms with Gasteiger partial charge in [-0.1, -0.05) is 0 Å². The SMILES string of the molecule is CCOC(=O)c1nc(C)n(C(C)CN(C)C)c1N. The zero-order valence-corrected chi connectivity index (χ0v) is 11.7. The van der Waals surface area contributed by atoms with Crippen LogP contribution in [0.1, 0.15) is 36.2 Å². The first-order valence-electron chi connectivity index (χ1n) is 6.04. The van der Waals surface area contributed by atoms with Crippen LogP contribution in [0.2, 0.25) is 0 Å². The molecule has 0 spiro atoms. The van der Waals surface area contributed by atoms with Gasteiger partial charge in [-0.05, 0) is 34.9 Å². The Morgan fingerprint density at radius 3 is 2.67 bits per heavy atom. The summed E-state index contributed by atoms with van der Waals surface area (Å²) in [4.78, 5) is 18.0. The third-order valence-electron chi connectivity index (χ3n) is 2.66. The van der Waals surface area contributed by atoms with E-state index in [-0.39, 0.29) is 11.7 Å². The number of nitrogens with zero attached hydrogens (tertiary/aromatic N) is 3. The van der Waals surface area contributed by atoms with Crippen molar-refractivity contribution in [1.82, 2.24) is 14.5 Å². The highest BCUT2D eigenvalue weighted by Crippen LogP contribution is 2.21. The summed E-state index contributed by atoms with van der Waals surface area (Å²) in [6.07, 6.45) is 0. The number of carbonyl (C=O) groups is 1. The Kier molecular flexibility index (Phi) is 4.72. The van der Waals surface area contributed by atoms with Crippen LogP contribution in [0, 0.1) is 6.92 Å². The molecule has 2 N–H and O–H groups in total. The fourth-order valence-electron chi connectivity index (χ4n) is 2.08. The van der Waals surface area contributed by atoms with Crippen molar-refractivity contribution in [2.45, 2.75) is 26.8 Å². The van der Waals surface area contributed by atoms with Crippen molar-refractivity contribution in [1.29, 1.82) is 0 Å². The number of hydrogen-bond acceptors (Lipinski definition) is 5. The van der Waals surface area contributed by atoms with Crippen LogP contribution in [-0.2, 0) is 4.74 Å². The van der Waals surface area contributed by atoms with Gasteiger partial charge < -0.3 is 19.9 Å². The van der Waals surface area contributed by atoms with Gasteiger partial charge >= 0.3 is 5.97 Å². The number of nitrogens with two attached hydrogens (primary N) is 1. The fourth-order valence-corrected chi connectivity index (χ4v) is 2.08. The van der Waals surface area contributed by atoms with E-state index in [4.69, 9.17) is 10.5 Å². The molecule has 0 saturated heterocycles. The summed E-state index contributed by atoms with van der Waals surface area (Å²) < 4.78 is 6.80. The summed E-state index contributed by atoms with van der Waals surface area (Å²) in [5, 5.41) is 0. The standard InChI is InChI=1S/C12H22N4O2/c1-6-18-12(17)10-11(13)16(9(3)14-10)8(2)7-15(4)5/h8H,6-7,13H2,1-5H3. The van der Waals surface area contributed by atoms with Gasteiger partial charge in [0.15, 0.2) is 5.69 Å². The van der Waals surface area contributed by atoms with Crippen LogP contribution in [0.15, 0.2) is 0 Å². The van der Waals surface area contributed by atoms with Gasteiger partial charge in [-0.3, -0.25) is 0 Å². The number of likely N-dealkylation sites (N-methyl/N-ethyl adjacent to an activating group) is 1. The van der Waals surface area contributed by atoms with Crippen LogP contribution in [0.3, 0.4) is 0 Å². The first-order valence-corrected chi connectivity index (χ1v) is 6.04. The molecule has 0 aromatic carbocycles. The number of esters is 1. The minimum atomic E-state index is -0.464. The summed E-state index contributed by atoms with van der Waals surface area (Å²) in [5.74, 6) is 0.638. The third-order valence-corrected chi connectivity index (χ3v) is 2.66. The summed E-state index contributed by atoms with van der Waals surface area (Å²) in [5.41, 5.74) is 6.20. The zero-order valence-electron chi connectivity index (χ0n) is 11.7. The quantitative estimate of drug-likeness (QED) is 0.796. The summed E-state index contributed by atoms with van der Waals surface area (Å²) >= 11 is 0. The van der Waals surface area contributed by atoms with Crippen molar-refractivity contribution in [3.63, 3.8) is 0 Å². The third kappa shape index (κ3) is 3.01. The number of nitrogen functional groups attached to an aromatic ring is 1. The molecule has 0 fully saturated rings. The number of aryl methyl sites for hydroxylation is 1. The number of ether oxygens (including phenoxy) is 1. The Bertz CT molecular complexity index is 426. The summed E-state index contributed by atoms with van der Waals surface area (Å²) in [6, 6.07) is 0.149. The second-order valence-electron chi connectivity index (χ2n) is 4.59. The van der Waals surface area contributed by atoms with E-state index in [1.807, 2.05) is 32.5 Å². The lowest BCUT2D eigenvalue weighted by Gasteiger charge is -2.20. The average Bonchev–Trinajstić information content (AvgIpc) is 2.53. The van der Waals surface area contributed by atoms with E-state index < -0.39 is 5.97 Å². The molecule has 0 amide bonds. The molecule has 0 aliphatic heterocycles. The van der Waals surface area contributed by atoms with Crippen LogP contribution in [-0.4, -0.2) is 47.7 Å². The molecule has 1 aromatic rings. The molecular formula is C12H22N4O2. The van der Waals surface area contributed by atoms with Crippen molar-refractivity contribution in [3.8, 4) is 0 Å². The minimum absolute atomic E-state index is 0.149. The van der Waals surface area contributed by atoms with E-state index >= 15 is 0 Å². The molecule has 1 heterocycles. The Morgan fingerprint density at radius 2 is 2.17 bits per heavy atom. The number of imidazole rings is 1. The van der Waals surface area contributed by atoms with Crippen LogP contribution < -0.4 is 5.73 Å². The van der Waals surface area contributed by atoms with Gasteiger partial charge in [0.2, 0.25) is 0 Å². The molecular weight excluding hydrogens is 232 g/mol. The molecule has 1 aromatic heterocycles. The molecule has 18 heavy (non-hydrogen) atoms. The smallest absolute Gasteiger partial charge is 0.360 e. The number of hydrogen-bond donors (Lipinski definition) is 1. The van der Waals surface area contributed by atoms with Crippen molar-refractivity contribution in [3.05, 3.63) is 11.5 Å². The number of carbonyl (C=O) groups excluding carboxylic acids is 1. The first-order chi connectivity index (χ1) is 8.38. The van der Waals surface area contributed by atoms with E-state index in [1.54, 1.807) is 6.92 Å². The fraction of sp³-hybridized carbons (Fsp3) is 0.667. The van der Waals surface area contributed by atoms with E-state index in [1.165, 1.54) is 0 Å². The molecule has 6 nitrogen and oxygen atoms in total. The molecule has 1 atom stereocenters. The van der Waals surface area contributed by atoms with E-state index in [0.717, 1.165) is 12.4 Å². The Balaban J connectivity index is 3.04. The first kappa shape index (κ1) is 14.5. The average molecular weight is 254 g/mol. The van der Waals surface area contributed by atoms with E-state index in [0.29, 0.717) is 12.4 Å². The molecule has 0 radical (unpaired) electrons. The van der Waals surface area contributed by atoms with Gasteiger partial charge in [0.05, 0.1) is 6.61 Å². The van der Waals surface area contributed by atoms with Gasteiger partial charge in [-0.25, -0.2) is 9.78 Å². The van der Waals surface area contributed by atoms with Crippen LogP contribution in [0.5, 0.6) is 0 Å². The van der Waals surface area contributed by atoms with E-state index in [9.17, 15) is 4.79 Å². The normalized spacial score (nSPS) is 12.8. The Labute approximate surface area is 108 Å². The van der Waals surface area contributed by atoms with Crippen molar-refractivity contribution >= 4 is 11.8 Å². The largest absolute Gasteiger partial charge is 0.461 e. The van der Waals surface area contributed by atoms with Crippen LogP contribution in [0.25, 0.3) is 0 Å². The van der Waals surface area contributed by atoms with Crippen molar-refractivity contribution in [2.24, 2.45) is 0 Å².